The Morgan fingerprint density at radius 3 is 2.10 bits per heavy atom. The molecule has 202 valence electrons. The van der Waals surface area contributed by atoms with E-state index in [9.17, 15) is 14.4 Å². The number of halogens is 2. The first-order valence-electron chi connectivity index (χ1n) is 13.3. The first-order valence-corrected chi connectivity index (χ1v) is 14.1. The minimum atomic E-state index is -1.08. The highest BCUT2D eigenvalue weighted by Crippen LogP contribution is 2.63. The van der Waals surface area contributed by atoms with E-state index in [2.05, 4.69) is 10.5 Å². The van der Waals surface area contributed by atoms with E-state index in [4.69, 9.17) is 23.2 Å². The minimum absolute atomic E-state index is 0.112. The van der Waals surface area contributed by atoms with Gasteiger partial charge in [0.15, 0.2) is 0 Å². The van der Waals surface area contributed by atoms with Crippen LogP contribution in [0.25, 0.3) is 0 Å². The van der Waals surface area contributed by atoms with Crippen LogP contribution in [0.3, 0.4) is 0 Å². The zero-order valence-corrected chi connectivity index (χ0v) is 23.1. The van der Waals surface area contributed by atoms with E-state index >= 15 is 0 Å². The van der Waals surface area contributed by atoms with Crippen molar-refractivity contribution >= 4 is 52.8 Å². The molecule has 4 aliphatic rings. The Bertz CT molecular complexity index is 1720. The highest BCUT2D eigenvalue weighted by molar-refractivity contribution is 6.36. The van der Waals surface area contributed by atoms with Crippen LogP contribution in [0.4, 0.5) is 5.69 Å². The second kappa shape index (κ2) is 9.68. The maximum Gasteiger partial charge on any atom is 0.244 e. The van der Waals surface area contributed by atoms with Gasteiger partial charge in [-0.05, 0) is 52.1 Å². The molecule has 8 heteroatoms. The van der Waals surface area contributed by atoms with Crippen molar-refractivity contribution in [3.05, 3.63) is 135 Å². The SMILES string of the molecule is O=C(Cc1ccc(Cl)cc1)N/N=C\C12c3ccccc3C(c3ccccc31)[C@@H]1C(=O)N(c3ccccc3Cl)C(=O)[C@H]12. The van der Waals surface area contributed by atoms with Gasteiger partial charge in [0.2, 0.25) is 17.7 Å². The molecule has 2 bridgehead atoms. The molecule has 41 heavy (non-hydrogen) atoms. The van der Waals surface area contributed by atoms with Gasteiger partial charge < -0.3 is 0 Å². The number of anilines is 1. The fraction of sp³-hybridized carbons (Fsp3) is 0.152. The molecule has 4 aromatic rings. The number of hydrogen-bond donors (Lipinski definition) is 1. The van der Waals surface area contributed by atoms with Crippen LogP contribution in [-0.2, 0) is 26.2 Å². The second-order valence-corrected chi connectivity index (χ2v) is 11.4. The van der Waals surface area contributed by atoms with Crippen molar-refractivity contribution in [1.82, 2.24) is 5.43 Å². The van der Waals surface area contributed by atoms with Crippen molar-refractivity contribution < 1.29 is 14.4 Å². The normalized spacial score (nSPS) is 23.9. The van der Waals surface area contributed by atoms with Crippen molar-refractivity contribution in [1.29, 1.82) is 0 Å². The fourth-order valence-electron chi connectivity index (χ4n) is 6.95. The van der Waals surface area contributed by atoms with Crippen LogP contribution < -0.4 is 10.3 Å². The quantitative estimate of drug-likeness (QED) is 0.182. The maximum atomic E-state index is 14.4. The van der Waals surface area contributed by atoms with Crippen LogP contribution >= 0.6 is 23.2 Å². The first kappa shape index (κ1) is 25.7. The fourth-order valence-corrected chi connectivity index (χ4v) is 7.30. The predicted molar refractivity (Wildman–Crippen MR) is 158 cm³/mol. The lowest BCUT2D eigenvalue weighted by Gasteiger charge is -2.52. The van der Waals surface area contributed by atoms with Crippen LogP contribution in [0.2, 0.25) is 10.0 Å². The lowest BCUT2D eigenvalue weighted by molar-refractivity contribution is -0.123. The number of hydrogen-bond acceptors (Lipinski definition) is 4. The number of hydrazone groups is 1. The summed E-state index contributed by atoms with van der Waals surface area (Å²) in [4.78, 5) is 42.6. The van der Waals surface area contributed by atoms with Crippen molar-refractivity contribution in [3.63, 3.8) is 0 Å². The van der Waals surface area contributed by atoms with E-state index in [1.165, 1.54) is 4.90 Å². The van der Waals surface area contributed by atoms with E-state index in [1.807, 2.05) is 48.5 Å². The Morgan fingerprint density at radius 2 is 1.44 bits per heavy atom. The van der Waals surface area contributed by atoms with E-state index in [0.717, 1.165) is 27.8 Å². The zero-order chi connectivity index (χ0) is 28.3. The number of carbonyl (C=O) groups excluding carboxylic acids is 3. The summed E-state index contributed by atoms with van der Waals surface area (Å²) >= 11 is 12.5. The molecule has 3 aliphatic carbocycles. The molecule has 1 fully saturated rings. The van der Waals surface area contributed by atoms with Gasteiger partial charge in [0, 0.05) is 17.2 Å². The van der Waals surface area contributed by atoms with Gasteiger partial charge in [-0.1, -0.05) is 96.0 Å². The molecule has 0 saturated carbocycles. The average Bonchev–Trinajstić information content (AvgIpc) is 3.25. The topological polar surface area (TPSA) is 78.8 Å². The summed E-state index contributed by atoms with van der Waals surface area (Å²) in [6.07, 6.45) is 1.76. The number of carbonyl (C=O) groups is 3. The molecule has 1 N–H and O–H groups in total. The zero-order valence-electron chi connectivity index (χ0n) is 21.6. The second-order valence-electron chi connectivity index (χ2n) is 10.6. The van der Waals surface area contributed by atoms with Gasteiger partial charge in [-0.25, -0.2) is 10.3 Å². The standard InChI is InChI=1S/C33H23Cl2N3O3/c34-20-15-13-19(14-16-20)17-27(39)37-36-18-33-23-9-3-1-7-21(23)28(22-8-2-4-10-24(22)33)29-30(33)32(41)38(31(29)40)26-12-6-5-11-25(26)35/h1-16,18,28-30H,17H2,(H,37,39)/b36-18-/t28?,29-,30-,33?/m0/s1. The van der Waals surface area contributed by atoms with Gasteiger partial charge in [0.1, 0.15) is 0 Å². The average molecular weight is 580 g/mol. The largest absolute Gasteiger partial charge is 0.274 e. The molecule has 0 unspecified atom stereocenters. The van der Waals surface area contributed by atoms with Crippen molar-refractivity contribution in [2.75, 3.05) is 4.90 Å². The van der Waals surface area contributed by atoms with E-state index < -0.39 is 17.3 Å². The highest BCUT2D eigenvalue weighted by atomic mass is 35.5. The summed E-state index contributed by atoms with van der Waals surface area (Å²) in [6, 6.07) is 29.7. The molecule has 2 atom stereocenters. The Balaban J connectivity index is 1.35. The summed E-state index contributed by atoms with van der Waals surface area (Å²) in [7, 11) is 0. The van der Waals surface area contributed by atoms with Gasteiger partial charge in [0.05, 0.1) is 34.4 Å². The number of imide groups is 1. The van der Waals surface area contributed by atoms with Crippen molar-refractivity contribution in [2.24, 2.45) is 16.9 Å². The van der Waals surface area contributed by atoms with Crippen LogP contribution in [0.5, 0.6) is 0 Å². The number of para-hydroxylation sites is 1. The lowest BCUT2D eigenvalue weighted by atomic mass is 9.47. The molecule has 3 amide bonds. The molecule has 1 saturated heterocycles. The third-order valence-electron chi connectivity index (χ3n) is 8.51. The summed E-state index contributed by atoms with van der Waals surface area (Å²) in [5.41, 5.74) is 6.51. The minimum Gasteiger partial charge on any atom is -0.274 e. The molecule has 0 aromatic heterocycles. The summed E-state index contributed by atoms with van der Waals surface area (Å²) in [6.45, 7) is 0. The molecule has 6 nitrogen and oxygen atoms in total. The van der Waals surface area contributed by atoms with Gasteiger partial charge in [-0.2, -0.15) is 5.10 Å². The Morgan fingerprint density at radius 1 is 0.829 bits per heavy atom. The van der Waals surface area contributed by atoms with Gasteiger partial charge >= 0.3 is 0 Å². The summed E-state index contributed by atoms with van der Waals surface area (Å²) < 4.78 is 0. The Labute approximate surface area is 246 Å². The highest BCUT2D eigenvalue weighted by Gasteiger charge is 2.68. The van der Waals surface area contributed by atoms with E-state index in [0.29, 0.717) is 15.7 Å². The molecule has 0 spiro atoms. The van der Waals surface area contributed by atoms with E-state index in [1.54, 1.807) is 54.7 Å². The third kappa shape index (κ3) is 3.78. The molecule has 8 rings (SSSR count). The number of nitrogens with zero attached hydrogens (tertiary/aromatic N) is 2. The molecule has 4 aromatic carbocycles. The van der Waals surface area contributed by atoms with Crippen molar-refractivity contribution in [3.8, 4) is 0 Å². The van der Waals surface area contributed by atoms with Gasteiger partial charge in [-0.15, -0.1) is 0 Å². The number of nitrogens with one attached hydrogen (secondary N) is 1. The van der Waals surface area contributed by atoms with Crippen LogP contribution in [0.1, 0.15) is 33.7 Å². The smallest absolute Gasteiger partial charge is 0.244 e. The Hall–Kier alpha value is -4.26. The maximum absolute atomic E-state index is 14.4. The van der Waals surface area contributed by atoms with Crippen molar-refractivity contribution in [2.45, 2.75) is 17.8 Å². The van der Waals surface area contributed by atoms with Gasteiger partial charge in [0.25, 0.3) is 0 Å². The molecular formula is C33H23Cl2N3O3. The molecule has 1 aliphatic heterocycles. The Kier molecular flexibility index (Phi) is 6.07. The number of rotatable bonds is 5. The van der Waals surface area contributed by atoms with Crippen LogP contribution in [0.15, 0.2) is 102 Å². The molecule has 0 radical (unpaired) electrons. The van der Waals surface area contributed by atoms with Crippen LogP contribution in [0, 0.1) is 11.8 Å². The summed E-state index contributed by atoms with van der Waals surface area (Å²) in [5.74, 6) is -2.65. The predicted octanol–water partition coefficient (Wildman–Crippen LogP) is 5.89. The number of benzene rings is 4. The summed E-state index contributed by atoms with van der Waals surface area (Å²) in [5, 5.41) is 5.37. The molecule has 1 heterocycles. The van der Waals surface area contributed by atoms with Crippen LogP contribution in [-0.4, -0.2) is 23.9 Å². The van der Waals surface area contributed by atoms with Gasteiger partial charge in [-0.3, -0.25) is 14.4 Å². The number of amides is 3. The monoisotopic (exact) mass is 579 g/mol. The lowest BCUT2D eigenvalue weighted by Crippen LogP contribution is -2.54. The first-order chi connectivity index (χ1) is 19.9. The third-order valence-corrected chi connectivity index (χ3v) is 9.08. The van der Waals surface area contributed by atoms with E-state index in [-0.39, 0.29) is 30.1 Å². The molecular weight excluding hydrogens is 557 g/mol.